The topological polar surface area (TPSA) is 41.5 Å². The summed E-state index contributed by atoms with van der Waals surface area (Å²) < 4.78 is 5.05. The van der Waals surface area contributed by atoms with Gasteiger partial charge in [-0.15, -0.1) is 0 Å². The van der Waals surface area contributed by atoms with E-state index in [2.05, 4.69) is 12.2 Å². The number of anilines is 1. The molecule has 15 heavy (non-hydrogen) atoms. The molecule has 0 saturated carbocycles. The lowest BCUT2D eigenvalue weighted by atomic mass is 10.1. The van der Waals surface area contributed by atoms with Crippen molar-refractivity contribution in [3.8, 4) is 5.75 Å². The molecule has 0 aliphatic rings. The van der Waals surface area contributed by atoms with Crippen LogP contribution in [0.2, 0.25) is 0 Å². The van der Waals surface area contributed by atoms with Gasteiger partial charge in [-0.1, -0.05) is 13.0 Å². The molecule has 1 unspecified atom stereocenters. The molecule has 0 saturated heterocycles. The van der Waals surface area contributed by atoms with Crippen LogP contribution in [0, 0.1) is 12.8 Å². The van der Waals surface area contributed by atoms with Crippen LogP contribution in [0.5, 0.6) is 5.75 Å². The Balaban J connectivity index is 2.47. The van der Waals surface area contributed by atoms with Gasteiger partial charge >= 0.3 is 0 Å². The van der Waals surface area contributed by atoms with Crippen LogP contribution in [0.4, 0.5) is 5.69 Å². The molecule has 1 atom stereocenters. The van der Waals surface area contributed by atoms with Gasteiger partial charge in [0, 0.05) is 25.4 Å². The van der Waals surface area contributed by atoms with E-state index in [0.29, 0.717) is 11.7 Å². The lowest BCUT2D eigenvalue weighted by molar-refractivity contribution is 0.164. The second kappa shape index (κ2) is 5.61. The molecule has 0 bridgehead atoms. The molecule has 2 N–H and O–H groups in total. The van der Waals surface area contributed by atoms with Crippen molar-refractivity contribution in [2.45, 2.75) is 13.8 Å². The Morgan fingerprint density at radius 3 is 2.80 bits per heavy atom. The first kappa shape index (κ1) is 11.9. The van der Waals surface area contributed by atoms with E-state index in [9.17, 15) is 5.11 Å². The van der Waals surface area contributed by atoms with Crippen LogP contribution in [-0.4, -0.2) is 25.4 Å². The molecular weight excluding hydrogens is 190 g/mol. The Bertz CT molecular complexity index is 312. The third kappa shape index (κ3) is 3.80. The number of phenolic OH excluding ortho intramolecular Hbond substituents is 1. The van der Waals surface area contributed by atoms with Crippen LogP contribution in [-0.2, 0) is 4.74 Å². The van der Waals surface area contributed by atoms with Gasteiger partial charge in [0.25, 0.3) is 0 Å². The number of aryl methyl sites for hydroxylation is 1. The number of ether oxygens (including phenoxy) is 1. The number of hydrogen-bond donors (Lipinski definition) is 2. The fourth-order valence-corrected chi connectivity index (χ4v) is 1.35. The van der Waals surface area contributed by atoms with Gasteiger partial charge in [0.1, 0.15) is 5.75 Å². The SMILES string of the molecule is COCC(C)CNc1ccc(C)c(O)c1. The van der Waals surface area contributed by atoms with Crippen LogP contribution in [0.25, 0.3) is 0 Å². The first-order valence-corrected chi connectivity index (χ1v) is 5.16. The highest BCUT2D eigenvalue weighted by atomic mass is 16.5. The van der Waals surface area contributed by atoms with Crippen LogP contribution in [0.3, 0.4) is 0 Å². The van der Waals surface area contributed by atoms with Crippen molar-refractivity contribution in [2.24, 2.45) is 5.92 Å². The second-order valence-electron chi connectivity index (χ2n) is 3.94. The van der Waals surface area contributed by atoms with E-state index in [4.69, 9.17) is 4.74 Å². The van der Waals surface area contributed by atoms with Crippen molar-refractivity contribution in [3.63, 3.8) is 0 Å². The van der Waals surface area contributed by atoms with E-state index >= 15 is 0 Å². The first-order chi connectivity index (χ1) is 7.13. The van der Waals surface area contributed by atoms with Crippen molar-refractivity contribution in [2.75, 3.05) is 25.6 Å². The Morgan fingerprint density at radius 2 is 2.20 bits per heavy atom. The maximum Gasteiger partial charge on any atom is 0.120 e. The summed E-state index contributed by atoms with van der Waals surface area (Å²) in [6.07, 6.45) is 0. The zero-order valence-corrected chi connectivity index (χ0v) is 9.58. The zero-order valence-electron chi connectivity index (χ0n) is 9.58. The Morgan fingerprint density at radius 1 is 1.47 bits per heavy atom. The van der Waals surface area contributed by atoms with E-state index < -0.39 is 0 Å². The molecule has 84 valence electrons. The van der Waals surface area contributed by atoms with Gasteiger partial charge in [0.05, 0.1) is 6.61 Å². The summed E-state index contributed by atoms with van der Waals surface area (Å²) in [5.74, 6) is 0.790. The first-order valence-electron chi connectivity index (χ1n) is 5.16. The fourth-order valence-electron chi connectivity index (χ4n) is 1.35. The highest BCUT2D eigenvalue weighted by molar-refractivity contribution is 5.50. The number of phenols is 1. The quantitative estimate of drug-likeness (QED) is 0.782. The van der Waals surface area contributed by atoms with Gasteiger partial charge in [-0.2, -0.15) is 0 Å². The molecule has 3 heteroatoms. The number of hydrogen-bond acceptors (Lipinski definition) is 3. The van der Waals surface area contributed by atoms with Crippen molar-refractivity contribution in [3.05, 3.63) is 23.8 Å². The zero-order chi connectivity index (χ0) is 11.3. The summed E-state index contributed by atoms with van der Waals surface area (Å²) in [4.78, 5) is 0. The largest absolute Gasteiger partial charge is 0.508 e. The molecular formula is C12H19NO2. The predicted molar refractivity (Wildman–Crippen MR) is 62.4 cm³/mol. The molecule has 0 aromatic heterocycles. The minimum atomic E-state index is 0.333. The molecule has 1 aromatic rings. The lowest BCUT2D eigenvalue weighted by Gasteiger charge is -2.13. The minimum Gasteiger partial charge on any atom is -0.508 e. The number of rotatable bonds is 5. The van der Waals surface area contributed by atoms with Crippen molar-refractivity contribution < 1.29 is 9.84 Å². The van der Waals surface area contributed by atoms with E-state index in [-0.39, 0.29) is 0 Å². The van der Waals surface area contributed by atoms with E-state index in [1.54, 1.807) is 13.2 Å². The lowest BCUT2D eigenvalue weighted by Crippen LogP contribution is -2.15. The van der Waals surface area contributed by atoms with Crippen LogP contribution in [0.15, 0.2) is 18.2 Å². The third-order valence-electron chi connectivity index (χ3n) is 2.31. The molecule has 3 nitrogen and oxygen atoms in total. The molecule has 1 aromatic carbocycles. The maximum atomic E-state index is 9.50. The van der Waals surface area contributed by atoms with Crippen molar-refractivity contribution >= 4 is 5.69 Å². The normalized spacial score (nSPS) is 12.5. The number of aromatic hydroxyl groups is 1. The molecule has 0 aliphatic heterocycles. The standard InChI is InChI=1S/C12H19NO2/c1-9(8-15-3)7-13-11-5-4-10(2)12(14)6-11/h4-6,9,13-14H,7-8H2,1-3H3. The molecule has 0 amide bonds. The van der Waals surface area contributed by atoms with Crippen molar-refractivity contribution in [1.82, 2.24) is 0 Å². The summed E-state index contributed by atoms with van der Waals surface area (Å²) in [7, 11) is 1.70. The van der Waals surface area contributed by atoms with Gasteiger partial charge in [-0.3, -0.25) is 0 Å². The average Bonchev–Trinajstić information content (AvgIpc) is 2.20. The van der Waals surface area contributed by atoms with Crippen LogP contribution in [0.1, 0.15) is 12.5 Å². The van der Waals surface area contributed by atoms with Crippen LogP contribution < -0.4 is 5.32 Å². The van der Waals surface area contributed by atoms with Crippen molar-refractivity contribution in [1.29, 1.82) is 0 Å². The monoisotopic (exact) mass is 209 g/mol. The Hall–Kier alpha value is -1.22. The summed E-state index contributed by atoms with van der Waals surface area (Å²) in [6, 6.07) is 5.61. The van der Waals surface area contributed by atoms with Gasteiger partial charge in [-0.05, 0) is 24.5 Å². The molecule has 0 radical (unpaired) electrons. The predicted octanol–water partition coefficient (Wildman–Crippen LogP) is 2.40. The van der Waals surface area contributed by atoms with E-state index in [0.717, 1.165) is 24.4 Å². The highest BCUT2D eigenvalue weighted by Crippen LogP contribution is 2.20. The summed E-state index contributed by atoms with van der Waals surface area (Å²) in [6.45, 7) is 5.58. The fraction of sp³-hybridized carbons (Fsp3) is 0.500. The highest BCUT2D eigenvalue weighted by Gasteiger charge is 2.02. The Kier molecular flexibility index (Phi) is 4.43. The average molecular weight is 209 g/mol. The summed E-state index contributed by atoms with van der Waals surface area (Å²) in [5.41, 5.74) is 1.84. The van der Waals surface area contributed by atoms with Gasteiger partial charge in [0.15, 0.2) is 0 Å². The molecule has 0 heterocycles. The Labute approximate surface area is 91.1 Å². The molecule has 1 rings (SSSR count). The maximum absolute atomic E-state index is 9.50. The van der Waals surface area contributed by atoms with Gasteiger partial charge < -0.3 is 15.2 Å². The smallest absolute Gasteiger partial charge is 0.120 e. The van der Waals surface area contributed by atoms with Gasteiger partial charge in [0.2, 0.25) is 0 Å². The second-order valence-corrected chi connectivity index (χ2v) is 3.94. The summed E-state index contributed by atoms with van der Waals surface area (Å²) >= 11 is 0. The number of methoxy groups -OCH3 is 1. The summed E-state index contributed by atoms with van der Waals surface area (Å²) in [5, 5.41) is 12.8. The number of nitrogens with one attached hydrogen (secondary N) is 1. The molecule has 0 fully saturated rings. The number of benzene rings is 1. The molecule has 0 spiro atoms. The minimum absolute atomic E-state index is 0.333. The van der Waals surface area contributed by atoms with E-state index in [1.807, 2.05) is 19.1 Å². The molecule has 0 aliphatic carbocycles. The van der Waals surface area contributed by atoms with E-state index in [1.165, 1.54) is 0 Å². The van der Waals surface area contributed by atoms with Crippen LogP contribution >= 0.6 is 0 Å². The third-order valence-corrected chi connectivity index (χ3v) is 2.31. The van der Waals surface area contributed by atoms with Gasteiger partial charge in [-0.25, -0.2) is 0 Å².